The zero-order chi connectivity index (χ0) is 10.7. The molecular formula is C10H7ClN2OS. The van der Waals surface area contributed by atoms with Gasteiger partial charge in [0.1, 0.15) is 12.6 Å². The van der Waals surface area contributed by atoms with Crippen LogP contribution in [0.15, 0.2) is 30.7 Å². The van der Waals surface area contributed by atoms with Gasteiger partial charge < -0.3 is 4.79 Å². The molecule has 0 N–H and O–H groups in total. The van der Waals surface area contributed by atoms with E-state index >= 15 is 0 Å². The third-order valence-electron chi connectivity index (χ3n) is 1.96. The summed E-state index contributed by atoms with van der Waals surface area (Å²) in [7, 11) is 0. The van der Waals surface area contributed by atoms with E-state index in [9.17, 15) is 4.79 Å². The number of rotatable bonds is 3. The van der Waals surface area contributed by atoms with Gasteiger partial charge in [-0.25, -0.2) is 9.97 Å². The average Bonchev–Trinajstić information content (AvgIpc) is 2.68. The molecule has 1 atom stereocenters. The van der Waals surface area contributed by atoms with Gasteiger partial charge >= 0.3 is 0 Å². The molecule has 0 aliphatic heterocycles. The van der Waals surface area contributed by atoms with Crippen LogP contribution in [0.3, 0.4) is 0 Å². The topological polar surface area (TPSA) is 42.9 Å². The maximum Gasteiger partial charge on any atom is 0.134 e. The van der Waals surface area contributed by atoms with Gasteiger partial charge in [0.15, 0.2) is 0 Å². The highest BCUT2D eigenvalue weighted by molar-refractivity contribution is 7.16. The summed E-state index contributed by atoms with van der Waals surface area (Å²) in [6.45, 7) is 0. The van der Waals surface area contributed by atoms with Gasteiger partial charge in [-0.15, -0.1) is 11.3 Å². The Labute approximate surface area is 95.8 Å². The van der Waals surface area contributed by atoms with Gasteiger partial charge in [0.2, 0.25) is 0 Å². The predicted molar refractivity (Wildman–Crippen MR) is 59.3 cm³/mol. The van der Waals surface area contributed by atoms with E-state index in [4.69, 9.17) is 11.6 Å². The minimum atomic E-state index is -0.342. The molecule has 0 saturated heterocycles. The number of carbonyl (C=O) groups is 1. The number of aromatic nitrogens is 2. The lowest BCUT2D eigenvalue weighted by molar-refractivity contribution is -0.108. The fourth-order valence-electron chi connectivity index (χ4n) is 1.26. The minimum Gasteiger partial charge on any atom is -0.302 e. The molecule has 5 heteroatoms. The van der Waals surface area contributed by atoms with Crippen LogP contribution < -0.4 is 0 Å². The van der Waals surface area contributed by atoms with Crippen molar-refractivity contribution < 1.29 is 4.79 Å². The number of hydrogen-bond acceptors (Lipinski definition) is 4. The summed E-state index contributed by atoms with van der Waals surface area (Å²) in [5.41, 5.74) is 0.693. The highest BCUT2D eigenvalue weighted by atomic mass is 35.5. The van der Waals surface area contributed by atoms with E-state index in [1.807, 2.05) is 6.07 Å². The van der Waals surface area contributed by atoms with E-state index in [1.165, 1.54) is 17.7 Å². The molecule has 0 aliphatic rings. The van der Waals surface area contributed by atoms with Crippen molar-refractivity contribution >= 4 is 29.2 Å². The molecule has 2 rings (SSSR count). The molecule has 0 aliphatic carbocycles. The van der Waals surface area contributed by atoms with Gasteiger partial charge in [0.25, 0.3) is 0 Å². The van der Waals surface area contributed by atoms with Crippen LogP contribution in [-0.4, -0.2) is 16.3 Å². The summed E-state index contributed by atoms with van der Waals surface area (Å²) in [5, 5.41) is 0. The molecule has 0 bridgehead atoms. The molecule has 0 saturated carbocycles. The highest BCUT2D eigenvalue weighted by Gasteiger charge is 2.16. The normalized spacial score (nSPS) is 12.3. The summed E-state index contributed by atoms with van der Waals surface area (Å²) in [6.07, 6.45) is 3.92. The van der Waals surface area contributed by atoms with Crippen molar-refractivity contribution in [1.82, 2.24) is 9.97 Å². The third kappa shape index (κ3) is 2.22. The van der Waals surface area contributed by atoms with Crippen LogP contribution in [0.4, 0.5) is 0 Å². The first-order chi connectivity index (χ1) is 7.31. The Balaban J connectivity index is 2.37. The SMILES string of the molecule is O=CC(c1ccncn1)c1ccc(Cl)s1. The number of hydrogen-bond donors (Lipinski definition) is 0. The van der Waals surface area contributed by atoms with Gasteiger partial charge in [-0.2, -0.15) is 0 Å². The molecular weight excluding hydrogens is 232 g/mol. The monoisotopic (exact) mass is 238 g/mol. The van der Waals surface area contributed by atoms with Crippen molar-refractivity contribution in [3.05, 3.63) is 45.6 Å². The lowest BCUT2D eigenvalue weighted by Crippen LogP contribution is -2.02. The first kappa shape index (κ1) is 10.3. The van der Waals surface area contributed by atoms with E-state index in [0.717, 1.165) is 11.2 Å². The Bertz CT molecular complexity index is 457. The van der Waals surface area contributed by atoms with Crippen molar-refractivity contribution in [2.75, 3.05) is 0 Å². The van der Waals surface area contributed by atoms with Crippen molar-refractivity contribution in [3.8, 4) is 0 Å². The molecule has 0 aromatic carbocycles. The Hall–Kier alpha value is -1.26. The summed E-state index contributed by atoms with van der Waals surface area (Å²) >= 11 is 7.21. The molecule has 0 radical (unpaired) electrons. The quantitative estimate of drug-likeness (QED) is 0.772. The van der Waals surface area contributed by atoms with Gasteiger partial charge in [-0.3, -0.25) is 0 Å². The lowest BCUT2D eigenvalue weighted by atomic mass is 10.1. The van der Waals surface area contributed by atoms with E-state index in [-0.39, 0.29) is 5.92 Å². The fourth-order valence-corrected chi connectivity index (χ4v) is 2.39. The lowest BCUT2D eigenvalue weighted by Gasteiger charge is -2.05. The number of nitrogens with zero attached hydrogens (tertiary/aromatic N) is 2. The molecule has 2 heterocycles. The number of halogens is 1. The Morgan fingerprint density at radius 3 is 2.80 bits per heavy atom. The Morgan fingerprint density at radius 1 is 1.40 bits per heavy atom. The summed E-state index contributed by atoms with van der Waals surface area (Å²) in [6, 6.07) is 5.35. The van der Waals surface area contributed by atoms with Crippen LogP contribution >= 0.6 is 22.9 Å². The maximum atomic E-state index is 11.0. The third-order valence-corrected chi connectivity index (χ3v) is 3.27. The Morgan fingerprint density at radius 2 is 2.27 bits per heavy atom. The van der Waals surface area contributed by atoms with Crippen LogP contribution in [-0.2, 0) is 4.79 Å². The van der Waals surface area contributed by atoms with Gasteiger partial charge in [-0.1, -0.05) is 11.6 Å². The van der Waals surface area contributed by atoms with Crippen LogP contribution in [0.5, 0.6) is 0 Å². The summed E-state index contributed by atoms with van der Waals surface area (Å²) in [5.74, 6) is -0.342. The first-order valence-electron chi connectivity index (χ1n) is 4.27. The highest BCUT2D eigenvalue weighted by Crippen LogP contribution is 2.30. The van der Waals surface area contributed by atoms with E-state index in [1.54, 1.807) is 18.3 Å². The van der Waals surface area contributed by atoms with E-state index in [0.29, 0.717) is 10.0 Å². The van der Waals surface area contributed by atoms with Gasteiger partial charge in [0, 0.05) is 11.1 Å². The van der Waals surface area contributed by atoms with Crippen LogP contribution in [0.1, 0.15) is 16.5 Å². The molecule has 2 aromatic rings. The average molecular weight is 239 g/mol. The molecule has 3 nitrogen and oxygen atoms in total. The van der Waals surface area contributed by atoms with Gasteiger partial charge in [0.05, 0.1) is 15.9 Å². The summed E-state index contributed by atoms with van der Waals surface area (Å²) in [4.78, 5) is 19.8. The molecule has 15 heavy (non-hydrogen) atoms. The maximum absolute atomic E-state index is 11.0. The molecule has 0 spiro atoms. The number of thiophene rings is 1. The molecule has 1 unspecified atom stereocenters. The minimum absolute atomic E-state index is 0.342. The molecule has 0 fully saturated rings. The van der Waals surface area contributed by atoms with Crippen LogP contribution in [0, 0.1) is 0 Å². The molecule has 2 aromatic heterocycles. The van der Waals surface area contributed by atoms with E-state index < -0.39 is 0 Å². The smallest absolute Gasteiger partial charge is 0.134 e. The second kappa shape index (κ2) is 4.51. The first-order valence-corrected chi connectivity index (χ1v) is 5.47. The second-order valence-electron chi connectivity index (χ2n) is 2.89. The van der Waals surface area contributed by atoms with Gasteiger partial charge in [-0.05, 0) is 18.2 Å². The van der Waals surface area contributed by atoms with Crippen molar-refractivity contribution in [2.45, 2.75) is 5.92 Å². The summed E-state index contributed by atoms with van der Waals surface area (Å²) < 4.78 is 0.672. The number of aldehydes is 1. The largest absolute Gasteiger partial charge is 0.302 e. The van der Waals surface area contributed by atoms with E-state index in [2.05, 4.69) is 9.97 Å². The molecule has 76 valence electrons. The number of carbonyl (C=O) groups excluding carboxylic acids is 1. The van der Waals surface area contributed by atoms with Crippen molar-refractivity contribution in [2.24, 2.45) is 0 Å². The zero-order valence-corrected chi connectivity index (χ0v) is 9.20. The molecule has 0 amide bonds. The van der Waals surface area contributed by atoms with Crippen molar-refractivity contribution in [1.29, 1.82) is 0 Å². The van der Waals surface area contributed by atoms with Crippen molar-refractivity contribution in [3.63, 3.8) is 0 Å². The Kier molecular flexibility index (Phi) is 3.08. The zero-order valence-electron chi connectivity index (χ0n) is 7.63. The predicted octanol–water partition coefficient (Wildman–Crippen LogP) is 2.52. The van der Waals surface area contributed by atoms with Crippen LogP contribution in [0.25, 0.3) is 0 Å². The standard InChI is InChI=1S/C10H7ClN2OS/c11-10-2-1-9(15-10)7(5-14)8-3-4-12-6-13-8/h1-7H. The van der Waals surface area contributed by atoms with Crippen LogP contribution in [0.2, 0.25) is 4.34 Å². The second-order valence-corrected chi connectivity index (χ2v) is 4.64. The fraction of sp³-hybridized carbons (Fsp3) is 0.100.